The summed E-state index contributed by atoms with van der Waals surface area (Å²) in [6.07, 6.45) is 0. The SMILES string of the molecule is COc1ccc(C)cc1NC(=O)[C@@H](Sc1nc(N)nc(N)n1)c1ccccc1. The summed E-state index contributed by atoms with van der Waals surface area (Å²) in [6.45, 7) is 1.94. The van der Waals surface area contributed by atoms with Gasteiger partial charge in [0.15, 0.2) is 5.16 Å². The quantitative estimate of drug-likeness (QED) is 0.543. The highest BCUT2D eigenvalue weighted by atomic mass is 32.2. The molecule has 1 atom stereocenters. The Labute approximate surface area is 166 Å². The smallest absolute Gasteiger partial charge is 0.242 e. The summed E-state index contributed by atoms with van der Waals surface area (Å²) in [5.41, 5.74) is 13.7. The lowest BCUT2D eigenvalue weighted by atomic mass is 10.1. The van der Waals surface area contributed by atoms with Crippen LogP contribution in [0.25, 0.3) is 0 Å². The maximum atomic E-state index is 13.1. The molecule has 0 saturated carbocycles. The topological polar surface area (TPSA) is 129 Å². The number of hydrogen-bond donors (Lipinski definition) is 3. The fraction of sp³-hybridized carbons (Fsp3) is 0.158. The molecule has 0 unspecified atom stereocenters. The Kier molecular flexibility index (Phi) is 5.95. The van der Waals surface area contributed by atoms with Gasteiger partial charge in [-0.05, 0) is 30.2 Å². The summed E-state index contributed by atoms with van der Waals surface area (Å²) in [5, 5.41) is 2.57. The highest BCUT2D eigenvalue weighted by molar-refractivity contribution is 8.00. The van der Waals surface area contributed by atoms with E-state index in [-0.39, 0.29) is 23.0 Å². The van der Waals surface area contributed by atoms with Crippen LogP contribution < -0.4 is 21.5 Å². The van der Waals surface area contributed by atoms with Crippen LogP contribution in [-0.2, 0) is 4.79 Å². The van der Waals surface area contributed by atoms with Crippen LogP contribution in [-0.4, -0.2) is 28.0 Å². The number of methoxy groups -OCH3 is 1. The molecular weight excluding hydrogens is 376 g/mol. The van der Waals surface area contributed by atoms with Gasteiger partial charge < -0.3 is 21.5 Å². The van der Waals surface area contributed by atoms with E-state index in [9.17, 15) is 4.79 Å². The maximum Gasteiger partial charge on any atom is 0.242 e. The van der Waals surface area contributed by atoms with Gasteiger partial charge in [-0.25, -0.2) is 0 Å². The predicted molar refractivity (Wildman–Crippen MR) is 110 cm³/mol. The summed E-state index contributed by atoms with van der Waals surface area (Å²) in [5.74, 6) is 0.326. The molecule has 0 aliphatic rings. The van der Waals surface area contributed by atoms with Crippen molar-refractivity contribution in [3.05, 3.63) is 59.7 Å². The van der Waals surface area contributed by atoms with Crippen molar-refractivity contribution in [2.24, 2.45) is 0 Å². The Morgan fingerprint density at radius 1 is 1.07 bits per heavy atom. The zero-order valence-electron chi connectivity index (χ0n) is 15.4. The van der Waals surface area contributed by atoms with Gasteiger partial charge in [0.05, 0.1) is 12.8 Å². The van der Waals surface area contributed by atoms with E-state index in [2.05, 4.69) is 20.3 Å². The number of carbonyl (C=O) groups is 1. The average molecular weight is 396 g/mol. The van der Waals surface area contributed by atoms with Crippen molar-refractivity contribution in [1.29, 1.82) is 0 Å². The number of amides is 1. The standard InChI is InChI=1S/C19H20N6O2S/c1-11-8-9-14(27-2)13(10-11)22-16(26)15(12-6-4-3-5-7-12)28-19-24-17(20)23-18(21)25-19/h3-10,15H,1-2H3,(H,22,26)(H4,20,21,23,24,25)/t15-/m0/s1. The van der Waals surface area contributed by atoms with E-state index in [0.717, 1.165) is 22.9 Å². The molecule has 0 bridgehead atoms. The molecule has 3 aromatic rings. The second-order valence-electron chi connectivity index (χ2n) is 5.94. The molecule has 0 radical (unpaired) electrons. The van der Waals surface area contributed by atoms with Crippen molar-refractivity contribution in [3.8, 4) is 5.75 Å². The highest BCUT2D eigenvalue weighted by Crippen LogP contribution is 2.36. The van der Waals surface area contributed by atoms with Crippen LogP contribution in [0.4, 0.5) is 17.6 Å². The lowest BCUT2D eigenvalue weighted by molar-refractivity contribution is -0.115. The van der Waals surface area contributed by atoms with Crippen molar-refractivity contribution in [1.82, 2.24) is 15.0 Å². The molecule has 0 fully saturated rings. The lowest BCUT2D eigenvalue weighted by Gasteiger charge is -2.18. The fourth-order valence-corrected chi connectivity index (χ4v) is 3.53. The first-order valence-electron chi connectivity index (χ1n) is 8.40. The number of benzene rings is 2. The molecule has 0 aliphatic carbocycles. The van der Waals surface area contributed by atoms with Gasteiger partial charge in [0.25, 0.3) is 0 Å². The number of ether oxygens (including phenoxy) is 1. The number of aromatic nitrogens is 3. The van der Waals surface area contributed by atoms with Crippen molar-refractivity contribution < 1.29 is 9.53 Å². The third kappa shape index (κ3) is 4.68. The molecular formula is C19H20N6O2S. The highest BCUT2D eigenvalue weighted by Gasteiger charge is 2.25. The number of aryl methyl sites for hydroxylation is 1. The summed E-state index contributed by atoms with van der Waals surface area (Å²) < 4.78 is 5.35. The summed E-state index contributed by atoms with van der Waals surface area (Å²) in [7, 11) is 1.56. The van der Waals surface area contributed by atoms with Crippen LogP contribution in [0.5, 0.6) is 5.75 Å². The molecule has 2 aromatic carbocycles. The van der Waals surface area contributed by atoms with E-state index in [0.29, 0.717) is 11.4 Å². The van der Waals surface area contributed by atoms with Gasteiger partial charge >= 0.3 is 0 Å². The molecule has 3 rings (SSSR count). The number of rotatable bonds is 6. The Bertz CT molecular complexity index is 963. The molecule has 28 heavy (non-hydrogen) atoms. The monoisotopic (exact) mass is 396 g/mol. The van der Waals surface area contributed by atoms with E-state index in [1.54, 1.807) is 7.11 Å². The number of nitrogens with zero attached hydrogens (tertiary/aromatic N) is 3. The molecule has 5 N–H and O–H groups in total. The maximum absolute atomic E-state index is 13.1. The minimum Gasteiger partial charge on any atom is -0.495 e. The van der Waals surface area contributed by atoms with Gasteiger partial charge in [-0.1, -0.05) is 48.2 Å². The summed E-state index contributed by atoms with van der Waals surface area (Å²) in [6, 6.07) is 14.9. The third-order valence-corrected chi connectivity index (χ3v) is 4.94. The van der Waals surface area contributed by atoms with Crippen LogP contribution in [0.15, 0.2) is 53.7 Å². The van der Waals surface area contributed by atoms with E-state index in [1.165, 1.54) is 0 Å². The number of thioether (sulfide) groups is 1. The zero-order valence-corrected chi connectivity index (χ0v) is 16.2. The number of carbonyl (C=O) groups excluding carboxylic acids is 1. The van der Waals surface area contributed by atoms with Crippen LogP contribution in [0.2, 0.25) is 0 Å². The number of nitrogens with two attached hydrogens (primary N) is 2. The van der Waals surface area contributed by atoms with E-state index in [4.69, 9.17) is 16.2 Å². The first-order valence-corrected chi connectivity index (χ1v) is 9.28. The van der Waals surface area contributed by atoms with Crippen molar-refractivity contribution in [2.75, 3.05) is 23.9 Å². The average Bonchev–Trinajstić information content (AvgIpc) is 2.66. The second-order valence-corrected chi connectivity index (χ2v) is 7.01. The summed E-state index contributed by atoms with van der Waals surface area (Å²) >= 11 is 1.14. The molecule has 9 heteroatoms. The Balaban J connectivity index is 1.93. The first kappa shape index (κ1) is 19.4. The van der Waals surface area contributed by atoms with Crippen LogP contribution in [0.3, 0.4) is 0 Å². The third-order valence-electron chi connectivity index (χ3n) is 3.83. The number of nitrogens with one attached hydrogen (secondary N) is 1. The Hall–Kier alpha value is -3.33. The van der Waals surface area contributed by atoms with Gasteiger partial charge in [-0.3, -0.25) is 4.79 Å². The minimum atomic E-state index is -0.632. The molecule has 0 saturated heterocycles. The lowest BCUT2D eigenvalue weighted by Crippen LogP contribution is -2.20. The normalized spacial score (nSPS) is 11.6. The van der Waals surface area contributed by atoms with Gasteiger partial charge in [-0.15, -0.1) is 0 Å². The molecule has 1 amide bonds. The van der Waals surface area contributed by atoms with Crippen LogP contribution in [0, 0.1) is 6.92 Å². The number of nitrogen functional groups attached to an aromatic ring is 2. The van der Waals surface area contributed by atoms with Crippen molar-refractivity contribution in [3.63, 3.8) is 0 Å². The van der Waals surface area contributed by atoms with Gasteiger partial charge in [-0.2, -0.15) is 15.0 Å². The van der Waals surface area contributed by atoms with Gasteiger partial charge in [0.2, 0.25) is 17.8 Å². The molecule has 0 aliphatic heterocycles. The fourth-order valence-electron chi connectivity index (χ4n) is 2.57. The first-order chi connectivity index (χ1) is 13.5. The zero-order chi connectivity index (χ0) is 20.1. The molecule has 0 spiro atoms. The van der Waals surface area contributed by atoms with Crippen molar-refractivity contribution in [2.45, 2.75) is 17.3 Å². The minimum absolute atomic E-state index is 0.00238. The molecule has 1 aromatic heterocycles. The molecule has 8 nitrogen and oxygen atoms in total. The molecule has 1 heterocycles. The van der Waals surface area contributed by atoms with E-state index >= 15 is 0 Å². The largest absolute Gasteiger partial charge is 0.495 e. The van der Waals surface area contributed by atoms with Gasteiger partial charge in [0.1, 0.15) is 11.0 Å². The van der Waals surface area contributed by atoms with E-state index < -0.39 is 5.25 Å². The number of hydrogen-bond acceptors (Lipinski definition) is 8. The van der Waals surface area contributed by atoms with Crippen molar-refractivity contribution >= 4 is 35.3 Å². The Morgan fingerprint density at radius 2 is 1.75 bits per heavy atom. The van der Waals surface area contributed by atoms with E-state index in [1.807, 2.05) is 55.5 Å². The number of anilines is 3. The molecule has 144 valence electrons. The van der Waals surface area contributed by atoms with Crippen LogP contribution in [0.1, 0.15) is 16.4 Å². The van der Waals surface area contributed by atoms with Gasteiger partial charge in [0, 0.05) is 0 Å². The Morgan fingerprint density at radius 3 is 2.39 bits per heavy atom. The second kappa shape index (κ2) is 8.57. The van der Waals surface area contributed by atoms with Crippen LogP contribution >= 0.6 is 11.8 Å². The predicted octanol–water partition coefficient (Wildman–Crippen LogP) is 2.83. The summed E-state index contributed by atoms with van der Waals surface area (Å²) in [4.78, 5) is 25.0.